The molecule has 4 atom stereocenters. The van der Waals surface area contributed by atoms with Gasteiger partial charge in [-0.15, -0.1) is 0 Å². The highest BCUT2D eigenvalue weighted by atomic mass is 16.5. The molecule has 4 heteroatoms. The normalized spacial score (nSPS) is 41.9. The first-order valence-corrected chi connectivity index (χ1v) is 7.30. The third-order valence-corrected chi connectivity index (χ3v) is 5.25. The number of amides is 1. The van der Waals surface area contributed by atoms with E-state index >= 15 is 0 Å². The fourth-order valence-electron chi connectivity index (χ4n) is 3.81. The average Bonchev–Trinajstić information content (AvgIpc) is 2.81. The van der Waals surface area contributed by atoms with Crippen LogP contribution in [-0.4, -0.2) is 30.7 Å². The van der Waals surface area contributed by atoms with Crippen LogP contribution in [0.3, 0.4) is 0 Å². The Bertz CT molecular complexity index is 339. The Hall–Kier alpha value is -0.610. The lowest BCUT2D eigenvalue weighted by molar-refractivity contribution is -0.136. The summed E-state index contributed by atoms with van der Waals surface area (Å²) in [7, 11) is 0. The van der Waals surface area contributed by atoms with Gasteiger partial charge in [-0.05, 0) is 19.3 Å². The van der Waals surface area contributed by atoms with E-state index in [1.165, 1.54) is 19.3 Å². The minimum atomic E-state index is -0.179. The van der Waals surface area contributed by atoms with Gasteiger partial charge in [-0.2, -0.15) is 0 Å². The maximum absolute atomic E-state index is 12.4. The predicted octanol–water partition coefficient (Wildman–Crippen LogP) is 1.19. The van der Waals surface area contributed by atoms with Gasteiger partial charge >= 0.3 is 0 Å². The van der Waals surface area contributed by atoms with Crippen molar-refractivity contribution in [2.45, 2.75) is 63.6 Å². The number of nitrogens with two attached hydrogens (primary N) is 1. The molecule has 3 N–H and O–H groups in total. The van der Waals surface area contributed by atoms with Crippen LogP contribution in [0.2, 0.25) is 0 Å². The van der Waals surface area contributed by atoms with E-state index in [2.05, 4.69) is 12.2 Å². The quantitative estimate of drug-likeness (QED) is 0.776. The number of ether oxygens (including phenoxy) is 1. The molecule has 0 radical (unpaired) electrons. The number of hydrogen-bond acceptors (Lipinski definition) is 3. The van der Waals surface area contributed by atoms with Crippen LogP contribution in [0, 0.1) is 11.3 Å². The highest BCUT2D eigenvalue weighted by molar-refractivity contribution is 5.82. The molecule has 18 heavy (non-hydrogen) atoms. The van der Waals surface area contributed by atoms with Crippen molar-refractivity contribution >= 4 is 5.91 Å². The van der Waals surface area contributed by atoms with E-state index in [1.54, 1.807) is 0 Å². The molecule has 4 unspecified atom stereocenters. The van der Waals surface area contributed by atoms with Crippen molar-refractivity contribution in [3.05, 3.63) is 0 Å². The van der Waals surface area contributed by atoms with Crippen LogP contribution >= 0.6 is 0 Å². The second kappa shape index (κ2) is 4.49. The molecular weight excluding hydrogens is 228 g/mol. The van der Waals surface area contributed by atoms with Crippen molar-refractivity contribution in [3.8, 4) is 0 Å². The fraction of sp³-hybridized carbons (Fsp3) is 0.929. The topological polar surface area (TPSA) is 64.4 Å². The summed E-state index contributed by atoms with van der Waals surface area (Å²) in [5.74, 6) is 0.658. The standard InChI is InChI=1S/C14H24N2O2/c1-14(6-3-2-4-7-14)13(17)16-11-10(15)9-5-8-18-12(9)11/h9-12H,2-8,15H2,1H3,(H,16,17). The molecule has 3 fully saturated rings. The molecule has 4 nitrogen and oxygen atoms in total. The Balaban J connectivity index is 1.61. The Morgan fingerprint density at radius 2 is 2.06 bits per heavy atom. The van der Waals surface area contributed by atoms with Gasteiger partial charge in [0.2, 0.25) is 5.91 Å². The monoisotopic (exact) mass is 252 g/mol. The number of nitrogens with one attached hydrogen (secondary N) is 1. The Labute approximate surface area is 109 Å². The lowest BCUT2D eigenvalue weighted by Crippen LogP contribution is -2.70. The molecule has 0 aromatic heterocycles. The van der Waals surface area contributed by atoms with Gasteiger partial charge in [-0.3, -0.25) is 4.79 Å². The number of rotatable bonds is 2. The summed E-state index contributed by atoms with van der Waals surface area (Å²) in [6.07, 6.45) is 6.85. The molecule has 2 aliphatic carbocycles. The van der Waals surface area contributed by atoms with Gasteiger partial charge in [0.25, 0.3) is 0 Å². The molecule has 0 aromatic carbocycles. The van der Waals surface area contributed by atoms with Crippen molar-refractivity contribution in [3.63, 3.8) is 0 Å². The largest absolute Gasteiger partial charge is 0.376 e. The number of fused-ring (bicyclic) bond motifs is 1. The lowest BCUT2D eigenvalue weighted by Gasteiger charge is -2.47. The molecule has 0 aromatic rings. The van der Waals surface area contributed by atoms with Gasteiger partial charge in [-0.1, -0.05) is 26.2 Å². The van der Waals surface area contributed by atoms with Crippen LogP contribution in [0.5, 0.6) is 0 Å². The second-order valence-corrected chi connectivity index (χ2v) is 6.49. The average molecular weight is 252 g/mol. The Morgan fingerprint density at radius 1 is 1.33 bits per heavy atom. The number of carbonyl (C=O) groups is 1. The number of hydrogen-bond donors (Lipinski definition) is 2. The van der Waals surface area contributed by atoms with Crippen molar-refractivity contribution in [2.24, 2.45) is 17.1 Å². The molecule has 0 spiro atoms. The second-order valence-electron chi connectivity index (χ2n) is 6.49. The van der Waals surface area contributed by atoms with Crippen LogP contribution < -0.4 is 11.1 Å². The molecule has 1 aliphatic heterocycles. The highest BCUT2D eigenvalue weighted by Crippen LogP contribution is 2.40. The van der Waals surface area contributed by atoms with Crippen LogP contribution in [0.1, 0.15) is 45.4 Å². The summed E-state index contributed by atoms with van der Waals surface area (Å²) < 4.78 is 5.66. The smallest absolute Gasteiger partial charge is 0.226 e. The first-order chi connectivity index (χ1) is 8.62. The SMILES string of the molecule is CC1(C(=O)NC2C(N)C3CCOC32)CCCCC1. The van der Waals surface area contributed by atoms with Gasteiger partial charge in [0.15, 0.2) is 0 Å². The Morgan fingerprint density at radius 3 is 2.78 bits per heavy atom. The lowest BCUT2D eigenvalue weighted by atomic mass is 9.70. The van der Waals surface area contributed by atoms with Gasteiger partial charge in [0.1, 0.15) is 0 Å². The van der Waals surface area contributed by atoms with Gasteiger partial charge < -0.3 is 15.8 Å². The van der Waals surface area contributed by atoms with E-state index in [4.69, 9.17) is 10.5 Å². The summed E-state index contributed by atoms with van der Waals surface area (Å²) in [5, 5.41) is 3.16. The molecule has 102 valence electrons. The molecular formula is C14H24N2O2. The van der Waals surface area contributed by atoms with Crippen molar-refractivity contribution in [1.29, 1.82) is 0 Å². The van der Waals surface area contributed by atoms with E-state index < -0.39 is 0 Å². The molecule has 2 saturated carbocycles. The molecule has 1 amide bonds. The van der Waals surface area contributed by atoms with Crippen LogP contribution in [0.25, 0.3) is 0 Å². The zero-order valence-corrected chi connectivity index (χ0v) is 11.2. The third-order valence-electron chi connectivity index (χ3n) is 5.25. The van der Waals surface area contributed by atoms with E-state index in [-0.39, 0.29) is 29.5 Å². The maximum Gasteiger partial charge on any atom is 0.226 e. The summed E-state index contributed by atoms with van der Waals surface area (Å²) in [6.45, 7) is 2.89. The van der Waals surface area contributed by atoms with Crippen LogP contribution in [-0.2, 0) is 9.53 Å². The first kappa shape index (κ1) is 12.4. The zero-order valence-electron chi connectivity index (χ0n) is 11.2. The van der Waals surface area contributed by atoms with Crippen LogP contribution in [0.15, 0.2) is 0 Å². The number of carbonyl (C=O) groups excluding carboxylic acids is 1. The summed E-state index contributed by atoms with van der Waals surface area (Å²) in [6, 6.07) is 0.136. The Kier molecular flexibility index (Phi) is 3.10. The first-order valence-electron chi connectivity index (χ1n) is 7.30. The molecule has 1 saturated heterocycles. The minimum absolute atomic E-state index is 0.0451. The van der Waals surface area contributed by atoms with E-state index in [1.807, 2.05) is 0 Å². The highest BCUT2D eigenvalue weighted by Gasteiger charge is 2.53. The fourth-order valence-corrected chi connectivity index (χ4v) is 3.81. The summed E-state index contributed by atoms with van der Waals surface area (Å²) in [5.41, 5.74) is 5.96. The minimum Gasteiger partial charge on any atom is -0.376 e. The van der Waals surface area contributed by atoms with Crippen molar-refractivity contribution < 1.29 is 9.53 Å². The van der Waals surface area contributed by atoms with Gasteiger partial charge in [-0.25, -0.2) is 0 Å². The predicted molar refractivity (Wildman–Crippen MR) is 68.9 cm³/mol. The molecule has 0 bridgehead atoms. The molecule has 3 rings (SSSR count). The van der Waals surface area contributed by atoms with E-state index in [9.17, 15) is 4.79 Å². The molecule has 1 heterocycles. The van der Waals surface area contributed by atoms with Crippen LogP contribution in [0.4, 0.5) is 0 Å². The van der Waals surface area contributed by atoms with Gasteiger partial charge in [0, 0.05) is 24.0 Å². The van der Waals surface area contributed by atoms with Crippen molar-refractivity contribution in [1.82, 2.24) is 5.32 Å². The van der Waals surface area contributed by atoms with E-state index in [0.29, 0.717) is 5.92 Å². The van der Waals surface area contributed by atoms with E-state index in [0.717, 1.165) is 25.9 Å². The summed E-state index contributed by atoms with van der Waals surface area (Å²) >= 11 is 0. The van der Waals surface area contributed by atoms with Gasteiger partial charge in [0.05, 0.1) is 12.1 Å². The third kappa shape index (κ3) is 1.86. The van der Waals surface area contributed by atoms with Crippen molar-refractivity contribution in [2.75, 3.05) is 6.61 Å². The maximum atomic E-state index is 12.4. The zero-order chi connectivity index (χ0) is 12.8. The molecule has 3 aliphatic rings. The summed E-state index contributed by atoms with van der Waals surface area (Å²) in [4.78, 5) is 12.4.